The molecule has 1 aliphatic rings. The maximum Gasteiger partial charge on any atom is 0.240 e. The number of aliphatic hydroxyl groups is 1. The summed E-state index contributed by atoms with van der Waals surface area (Å²) in [7, 11) is -3.73. The number of anilines is 1. The molecule has 2 rings (SSSR count). The summed E-state index contributed by atoms with van der Waals surface area (Å²) in [4.78, 5) is -0.0134. The van der Waals surface area contributed by atoms with E-state index in [-0.39, 0.29) is 16.3 Å². The van der Waals surface area contributed by atoms with Crippen molar-refractivity contribution in [1.29, 1.82) is 0 Å². The highest BCUT2D eigenvalue weighted by atomic mass is 32.2. The molecular weight excluding hydrogens is 268 g/mol. The fourth-order valence-corrected chi connectivity index (χ4v) is 3.55. The van der Waals surface area contributed by atoms with Crippen LogP contribution in [0.5, 0.6) is 5.75 Å². The maximum absolute atomic E-state index is 12.2. The van der Waals surface area contributed by atoms with Crippen LogP contribution in [0.1, 0.15) is 25.7 Å². The van der Waals surface area contributed by atoms with Gasteiger partial charge in [0.2, 0.25) is 10.0 Å². The van der Waals surface area contributed by atoms with Crippen molar-refractivity contribution in [1.82, 2.24) is 4.72 Å². The molecule has 7 heteroatoms. The minimum atomic E-state index is -3.73. The van der Waals surface area contributed by atoms with Crippen molar-refractivity contribution in [2.75, 3.05) is 5.73 Å². The maximum atomic E-state index is 12.2. The zero-order valence-electron chi connectivity index (χ0n) is 10.4. The second-order valence-corrected chi connectivity index (χ2v) is 6.51. The quantitative estimate of drug-likeness (QED) is 0.479. The smallest absolute Gasteiger partial charge is 0.240 e. The molecule has 0 saturated heterocycles. The molecule has 1 aliphatic carbocycles. The molecule has 0 amide bonds. The van der Waals surface area contributed by atoms with Crippen LogP contribution in [-0.2, 0) is 10.0 Å². The first-order chi connectivity index (χ1) is 8.90. The van der Waals surface area contributed by atoms with Crippen molar-refractivity contribution in [3.63, 3.8) is 0 Å². The molecule has 0 bridgehead atoms. The minimum absolute atomic E-state index is 0.00654. The number of phenolic OH excluding ortho intramolecular Hbond substituents is 1. The molecule has 2 atom stereocenters. The predicted molar refractivity (Wildman–Crippen MR) is 71.1 cm³/mol. The molecule has 0 aromatic heterocycles. The second-order valence-electron chi connectivity index (χ2n) is 4.80. The van der Waals surface area contributed by atoms with Crippen LogP contribution >= 0.6 is 0 Å². The Morgan fingerprint density at radius 2 is 1.95 bits per heavy atom. The number of aliphatic hydroxyl groups excluding tert-OH is 1. The predicted octanol–water partition coefficient (Wildman–Crippen LogP) is 0.556. The average Bonchev–Trinajstić information content (AvgIpc) is 2.35. The number of nitrogens with two attached hydrogens (primary N) is 1. The van der Waals surface area contributed by atoms with Crippen molar-refractivity contribution < 1.29 is 18.6 Å². The number of hydrogen-bond acceptors (Lipinski definition) is 5. The number of hydrogen-bond donors (Lipinski definition) is 4. The van der Waals surface area contributed by atoms with Crippen LogP contribution in [0, 0.1) is 0 Å². The fourth-order valence-electron chi connectivity index (χ4n) is 2.22. The van der Waals surface area contributed by atoms with Gasteiger partial charge in [-0.25, -0.2) is 13.1 Å². The van der Waals surface area contributed by atoms with Crippen molar-refractivity contribution >= 4 is 15.7 Å². The molecule has 1 fully saturated rings. The molecular formula is C12H18N2O4S. The van der Waals surface area contributed by atoms with Crippen LogP contribution in [0.2, 0.25) is 0 Å². The van der Waals surface area contributed by atoms with Gasteiger partial charge in [-0.2, -0.15) is 0 Å². The van der Waals surface area contributed by atoms with Crippen molar-refractivity contribution in [3.05, 3.63) is 18.2 Å². The summed E-state index contributed by atoms with van der Waals surface area (Å²) in [6.07, 6.45) is 2.37. The molecule has 5 N–H and O–H groups in total. The van der Waals surface area contributed by atoms with Gasteiger partial charge in [0.15, 0.2) is 0 Å². The van der Waals surface area contributed by atoms with Gasteiger partial charge in [-0.05, 0) is 31.0 Å². The van der Waals surface area contributed by atoms with Crippen LogP contribution < -0.4 is 10.5 Å². The lowest BCUT2D eigenvalue weighted by Gasteiger charge is -2.28. The number of nitrogens with one attached hydrogen (secondary N) is 1. The summed E-state index contributed by atoms with van der Waals surface area (Å²) < 4.78 is 26.8. The molecule has 1 aromatic rings. The Labute approximate surface area is 112 Å². The second kappa shape index (κ2) is 5.36. The van der Waals surface area contributed by atoms with Gasteiger partial charge in [0.25, 0.3) is 0 Å². The number of sulfonamides is 1. The lowest BCUT2D eigenvalue weighted by atomic mass is 9.93. The van der Waals surface area contributed by atoms with E-state index in [1.165, 1.54) is 18.2 Å². The van der Waals surface area contributed by atoms with E-state index in [0.717, 1.165) is 12.8 Å². The number of nitrogen functional groups attached to an aromatic ring is 1. The number of rotatable bonds is 3. The summed E-state index contributed by atoms with van der Waals surface area (Å²) in [5, 5.41) is 19.1. The Hall–Kier alpha value is -1.31. The number of aromatic hydroxyl groups is 1. The van der Waals surface area contributed by atoms with Crippen LogP contribution in [0.4, 0.5) is 5.69 Å². The molecule has 1 aromatic carbocycles. The summed E-state index contributed by atoms with van der Waals surface area (Å²) in [5.41, 5.74) is 5.49. The summed E-state index contributed by atoms with van der Waals surface area (Å²) in [6, 6.07) is 3.26. The normalized spacial score (nSPS) is 24.3. The van der Waals surface area contributed by atoms with Gasteiger partial charge >= 0.3 is 0 Å². The third kappa shape index (κ3) is 3.17. The van der Waals surface area contributed by atoms with E-state index in [2.05, 4.69) is 4.72 Å². The van der Waals surface area contributed by atoms with Crippen LogP contribution in [0.15, 0.2) is 23.1 Å². The van der Waals surface area contributed by atoms with Gasteiger partial charge in [0.05, 0.1) is 16.7 Å². The number of phenols is 1. The highest BCUT2D eigenvalue weighted by molar-refractivity contribution is 7.89. The monoisotopic (exact) mass is 286 g/mol. The van der Waals surface area contributed by atoms with Gasteiger partial charge in [0, 0.05) is 6.04 Å². The zero-order chi connectivity index (χ0) is 14.0. The molecule has 0 heterocycles. The highest BCUT2D eigenvalue weighted by Gasteiger charge is 2.28. The van der Waals surface area contributed by atoms with Crippen LogP contribution in [-0.4, -0.2) is 30.8 Å². The van der Waals surface area contributed by atoms with E-state index in [1.807, 2.05) is 0 Å². The highest BCUT2D eigenvalue weighted by Crippen LogP contribution is 2.25. The molecule has 0 radical (unpaired) electrons. The standard InChI is InChI=1S/C12H18N2O4S/c13-9-7-8(5-6-11(9)15)19(17,18)14-10-3-1-2-4-12(10)16/h5-7,10,12,14-16H,1-4,13H2. The molecule has 106 valence electrons. The largest absolute Gasteiger partial charge is 0.506 e. The third-order valence-corrected chi connectivity index (χ3v) is 4.83. The van der Waals surface area contributed by atoms with Gasteiger partial charge in [0.1, 0.15) is 5.75 Å². The SMILES string of the molecule is Nc1cc(S(=O)(=O)NC2CCCCC2O)ccc1O. The van der Waals surface area contributed by atoms with E-state index in [0.29, 0.717) is 12.8 Å². The Morgan fingerprint density at radius 3 is 2.58 bits per heavy atom. The minimum Gasteiger partial charge on any atom is -0.506 e. The average molecular weight is 286 g/mol. The van der Waals surface area contributed by atoms with E-state index in [1.54, 1.807) is 0 Å². The van der Waals surface area contributed by atoms with Crippen molar-refractivity contribution in [2.45, 2.75) is 42.7 Å². The Bertz CT molecular complexity index is 559. The summed E-state index contributed by atoms with van der Waals surface area (Å²) in [5.74, 6) is -0.156. The lowest BCUT2D eigenvalue weighted by Crippen LogP contribution is -2.44. The topological polar surface area (TPSA) is 113 Å². The molecule has 0 spiro atoms. The Morgan fingerprint density at radius 1 is 1.26 bits per heavy atom. The van der Waals surface area contributed by atoms with Gasteiger partial charge in [-0.15, -0.1) is 0 Å². The van der Waals surface area contributed by atoms with E-state index >= 15 is 0 Å². The van der Waals surface area contributed by atoms with Crippen molar-refractivity contribution in [3.8, 4) is 5.75 Å². The zero-order valence-corrected chi connectivity index (χ0v) is 11.2. The first-order valence-electron chi connectivity index (χ1n) is 6.19. The molecule has 2 unspecified atom stereocenters. The van der Waals surface area contributed by atoms with Crippen molar-refractivity contribution in [2.24, 2.45) is 0 Å². The van der Waals surface area contributed by atoms with Gasteiger partial charge < -0.3 is 15.9 Å². The fraction of sp³-hybridized carbons (Fsp3) is 0.500. The third-order valence-electron chi connectivity index (χ3n) is 3.35. The summed E-state index contributed by atoms with van der Waals surface area (Å²) >= 11 is 0. The van der Waals surface area contributed by atoms with Gasteiger partial charge in [-0.3, -0.25) is 0 Å². The lowest BCUT2D eigenvalue weighted by molar-refractivity contribution is 0.101. The van der Waals surface area contributed by atoms with Crippen LogP contribution in [0.25, 0.3) is 0 Å². The molecule has 0 aliphatic heterocycles. The summed E-state index contributed by atoms with van der Waals surface area (Å²) in [6.45, 7) is 0. The van der Waals surface area contributed by atoms with Crippen LogP contribution in [0.3, 0.4) is 0 Å². The van der Waals surface area contributed by atoms with E-state index in [9.17, 15) is 18.6 Å². The Kier molecular flexibility index (Phi) is 3.98. The molecule has 1 saturated carbocycles. The number of benzene rings is 1. The van der Waals surface area contributed by atoms with E-state index < -0.39 is 22.2 Å². The Balaban J connectivity index is 2.19. The van der Waals surface area contributed by atoms with E-state index in [4.69, 9.17) is 5.73 Å². The molecule has 6 nitrogen and oxygen atoms in total. The molecule has 19 heavy (non-hydrogen) atoms. The first-order valence-corrected chi connectivity index (χ1v) is 7.67. The van der Waals surface area contributed by atoms with Gasteiger partial charge in [-0.1, -0.05) is 12.8 Å². The first kappa shape index (κ1) is 14.1.